The fourth-order valence-corrected chi connectivity index (χ4v) is 3.44. The van der Waals surface area contributed by atoms with Crippen molar-refractivity contribution in [3.8, 4) is 0 Å². The van der Waals surface area contributed by atoms with Crippen molar-refractivity contribution < 1.29 is 9.32 Å². The Bertz CT molecular complexity index is 647. The summed E-state index contributed by atoms with van der Waals surface area (Å²) in [6, 6.07) is 0. The van der Waals surface area contributed by atoms with Crippen LogP contribution in [0, 0.1) is 12.3 Å². The number of tetrazole rings is 1. The van der Waals surface area contributed by atoms with E-state index in [2.05, 4.69) is 31.0 Å². The molecule has 0 aliphatic heterocycles. The molecular weight excluding hydrogens is 310 g/mol. The van der Waals surface area contributed by atoms with Crippen LogP contribution in [0.4, 0.5) is 0 Å². The summed E-state index contributed by atoms with van der Waals surface area (Å²) in [7, 11) is 0. The largest absolute Gasteiger partial charge is 0.356 e. The third kappa shape index (κ3) is 4.36. The van der Waals surface area contributed by atoms with Crippen LogP contribution in [0.2, 0.25) is 0 Å². The van der Waals surface area contributed by atoms with E-state index < -0.39 is 0 Å². The molecule has 3 rings (SSSR count). The van der Waals surface area contributed by atoms with Gasteiger partial charge in [-0.3, -0.25) is 4.79 Å². The fraction of sp³-hybridized carbons (Fsp3) is 0.733. The van der Waals surface area contributed by atoms with E-state index in [0.717, 1.165) is 25.7 Å². The van der Waals surface area contributed by atoms with Gasteiger partial charge >= 0.3 is 0 Å². The van der Waals surface area contributed by atoms with Crippen molar-refractivity contribution in [2.75, 3.05) is 6.54 Å². The molecule has 9 heteroatoms. The highest BCUT2D eigenvalue weighted by molar-refractivity contribution is 5.76. The van der Waals surface area contributed by atoms with Gasteiger partial charge in [-0.1, -0.05) is 24.4 Å². The molecule has 0 unspecified atom stereocenters. The molecule has 1 aliphatic rings. The number of nitrogens with zero attached hydrogens (tertiary/aromatic N) is 6. The zero-order valence-electron chi connectivity index (χ0n) is 13.9. The Kier molecular flexibility index (Phi) is 5.17. The van der Waals surface area contributed by atoms with Crippen molar-refractivity contribution in [2.24, 2.45) is 5.41 Å². The number of hydrogen-bond acceptors (Lipinski definition) is 7. The molecule has 24 heavy (non-hydrogen) atoms. The Morgan fingerprint density at radius 2 is 2.21 bits per heavy atom. The maximum atomic E-state index is 12.4. The van der Waals surface area contributed by atoms with Crippen LogP contribution in [0.5, 0.6) is 0 Å². The molecule has 0 radical (unpaired) electrons. The Hall–Kier alpha value is -2.32. The van der Waals surface area contributed by atoms with Gasteiger partial charge in [0.2, 0.25) is 11.8 Å². The molecule has 1 saturated carbocycles. The summed E-state index contributed by atoms with van der Waals surface area (Å²) >= 11 is 0. The van der Waals surface area contributed by atoms with Gasteiger partial charge in [0.1, 0.15) is 6.33 Å². The second-order valence-electron chi connectivity index (χ2n) is 6.58. The zero-order valence-corrected chi connectivity index (χ0v) is 13.9. The molecule has 1 aliphatic carbocycles. The summed E-state index contributed by atoms with van der Waals surface area (Å²) in [4.78, 5) is 16.5. The number of amides is 1. The van der Waals surface area contributed by atoms with Gasteiger partial charge in [-0.2, -0.15) is 4.98 Å². The first kappa shape index (κ1) is 16.5. The van der Waals surface area contributed by atoms with Crippen LogP contribution in [-0.4, -0.2) is 42.8 Å². The average Bonchev–Trinajstić information content (AvgIpc) is 3.20. The van der Waals surface area contributed by atoms with E-state index in [1.54, 1.807) is 17.9 Å². The highest BCUT2D eigenvalue weighted by atomic mass is 16.5. The van der Waals surface area contributed by atoms with Crippen LogP contribution in [0.25, 0.3) is 0 Å². The van der Waals surface area contributed by atoms with E-state index in [4.69, 9.17) is 4.52 Å². The molecular formula is C15H23N7O2. The topological polar surface area (TPSA) is 112 Å². The van der Waals surface area contributed by atoms with E-state index in [1.165, 1.54) is 6.42 Å². The van der Waals surface area contributed by atoms with Crippen molar-refractivity contribution in [1.82, 2.24) is 35.7 Å². The molecule has 1 N–H and O–H groups in total. The first-order valence-electron chi connectivity index (χ1n) is 8.42. The number of aromatic nitrogens is 6. The van der Waals surface area contributed by atoms with Crippen LogP contribution >= 0.6 is 0 Å². The summed E-state index contributed by atoms with van der Waals surface area (Å²) in [5, 5.41) is 18.1. The summed E-state index contributed by atoms with van der Waals surface area (Å²) in [6.07, 6.45) is 8.25. The zero-order chi connectivity index (χ0) is 16.8. The Labute approximate surface area is 140 Å². The molecule has 0 atom stereocenters. The van der Waals surface area contributed by atoms with Gasteiger partial charge in [-0.25, -0.2) is 4.68 Å². The second-order valence-corrected chi connectivity index (χ2v) is 6.58. The molecule has 130 valence electrons. The lowest BCUT2D eigenvalue weighted by Crippen LogP contribution is -2.37. The lowest BCUT2D eigenvalue weighted by atomic mass is 9.71. The van der Waals surface area contributed by atoms with Crippen LogP contribution in [0.1, 0.15) is 50.2 Å². The molecule has 2 heterocycles. The number of carbonyl (C=O) groups is 1. The lowest BCUT2D eigenvalue weighted by Gasteiger charge is -2.36. The Balaban J connectivity index is 1.52. The van der Waals surface area contributed by atoms with Crippen LogP contribution in [-0.2, 0) is 17.8 Å². The first-order valence-corrected chi connectivity index (χ1v) is 8.42. The molecule has 0 bridgehead atoms. The van der Waals surface area contributed by atoms with Gasteiger partial charge in [0.15, 0.2) is 5.82 Å². The summed E-state index contributed by atoms with van der Waals surface area (Å²) < 4.78 is 6.78. The number of nitrogens with one attached hydrogen (secondary N) is 1. The minimum absolute atomic E-state index is 0.0567. The number of rotatable bonds is 7. The van der Waals surface area contributed by atoms with Gasteiger partial charge < -0.3 is 9.84 Å². The average molecular weight is 333 g/mol. The predicted octanol–water partition coefficient (Wildman–Crippen LogP) is 1.06. The standard InChI is InChI=1S/C15H23N7O2/c1-12-18-14(24-19-12)5-8-16-13(23)9-15(6-3-2-4-7-15)10-22-11-17-20-21-22/h11H,2-10H2,1H3,(H,16,23). The number of hydrogen-bond donors (Lipinski definition) is 1. The maximum Gasteiger partial charge on any atom is 0.228 e. The van der Waals surface area contributed by atoms with Crippen molar-refractivity contribution in [3.05, 3.63) is 18.0 Å². The monoisotopic (exact) mass is 333 g/mol. The highest BCUT2D eigenvalue weighted by Crippen LogP contribution is 2.40. The second kappa shape index (κ2) is 7.50. The summed E-state index contributed by atoms with van der Waals surface area (Å²) in [5.74, 6) is 1.22. The molecule has 0 saturated heterocycles. The first-order chi connectivity index (χ1) is 11.7. The van der Waals surface area contributed by atoms with Crippen LogP contribution in [0.3, 0.4) is 0 Å². The van der Waals surface area contributed by atoms with E-state index in [1.807, 2.05) is 0 Å². The summed E-state index contributed by atoms with van der Waals surface area (Å²) in [5.41, 5.74) is -0.0568. The quantitative estimate of drug-likeness (QED) is 0.806. The number of carbonyl (C=O) groups excluding carboxylic acids is 1. The van der Waals surface area contributed by atoms with Crippen molar-refractivity contribution in [2.45, 2.75) is 58.4 Å². The predicted molar refractivity (Wildman–Crippen MR) is 83.7 cm³/mol. The van der Waals surface area contributed by atoms with Gasteiger partial charge in [-0.05, 0) is 35.6 Å². The SMILES string of the molecule is Cc1noc(CCNC(=O)CC2(Cn3cnnn3)CCCCC2)n1. The normalized spacial score (nSPS) is 16.9. The van der Waals surface area contributed by atoms with Crippen LogP contribution < -0.4 is 5.32 Å². The van der Waals surface area contributed by atoms with E-state index in [9.17, 15) is 4.79 Å². The Morgan fingerprint density at radius 1 is 1.38 bits per heavy atom. The fourth-order valence-electron chi connectivity index (χ4n) is 3.44. The maximum absolute atomic E-state index is 12.4. The summed E-state index contributed by atoms with van der Waals surface area (Å²) in [6.45, 7) is 2.97. The smallest absolute Gasteiger partial charge is 0.228 e. The molecule has 9 nitrogen and oxygen atoms in total. The minimum atomic E-state index is -0.0568. The van der Waals surface area contributed by atoms with E-state index >= 15 is 0 Å². The van der Waals surface area contributed by atoms with Gasteiger partial charge in [0.25, 0.3) is 0 Å². The van der Waals surface area contributed by atoms with Gasteiger partial charge in [-0.15, -0.1) is 5.10 Å². The van der Waals surface area contributed by atoms with Crippen molar-refractivity contribution in [3.63, 3.8) is 0 Å². The Morgan fingerprint density at radius 3 is 2.88 bits per heavy atom. The molecule has 1 amide bonds. The van der Waals surface area contributed by atoms with E-state index in [0.29, 0.717) is 37.6 Å². The molecule has 2 aromatic heterocycles. The van der Waals surface area contributed by atoms with Crippen molar-refractivity contribution >= 4 is 5.91 Å². The molecule has 0 aromatic carbocycles. The highest BCUT2D eigenvalue weighted by Gasteiger charge is 2.35. The molecule has 1 fully saturated rings. The molecule has 0 spiro atoms. The number of aryl methyl sites for hydroxylation is 1. The van der Waals surface area contributed by atoms with Crippen molar-refractivity contribution in [1.29, 1.82) is 0 Å². The molecule has 2 aromatic rings. The third-order valence-electron chi connectivity index (χ3n) is 4.57. The third-order valence-corrected chi connectivity index (χ3v) is 4.57. The van der Waals surface area contributed by atoms with E-state index in [-0.39, 0.29) is 11.3 Å². The van der Waals surface area contributed by atoms with Gasteiger partial charge in [0.05, 0.1) is 6.54 Å². The minimum Gasteiger partial charge on any atom is -0.356 e. The van der Waals surface area contributed by atoms with Gasteiger partial charge in [0, 0.05) is 19.4 Å². The van der Waals surface area contributed by atoms with Crippen LogP contribution in [0.15, 0.2) is 10.9 Å². The lowest BCUT2D eigenvalue weighted by molar-refractivity contribution is -0.124.